The lowest BCUT2D eigenvalue weighted by molar-refractivity contribution is 0.0519. The van der Waals surface area contributed by atoms with Gasteiger partial charge in [-0.15, -0.1) is 11.3 Å². The van der Waals surface area contributed by atoms with Gasteiger partial charge >= 0.3 is 5.97 Å². The van der Waals surface area contributed by atoms with Gasteiger partial charge in [0, 0.05) is 11.1 Å². The average molecular weight is 317 g/mol. The van der Waals surface area contributed by atoms with Crippen molar-refractivity contribution >= 4 is 17.3 Å². The van der Waals surface area contributed by atoms with E-state index in [0.717, 1.165) is 12.0 Å². The van der Waals surface area contributed by atoms with Crippen LogP contribution in [0.5, 0.6) is 0 Å². The fourth-order valence-corrected chi connectivity index (χ4v) is 3.37. The van der Waals surface area contributed by atoms with Crippen LogP contribution in [0.15, 0.2) is 29.8 Å². The summed E-state index contributed by atoms with van der Waals surface area (Å²) in [7, 11) is 0. The molecule has 2 rings (SSSR count). The summed E-state index contributed by atoms with van der Waals surface area (Å²) in [5, 5.41) is 2.12. The molecule has 0 saturated carbocycles. The number of nitrogens with zero attached hydrogens (tertiary/aromatic N) is 1. The molecule has 0 radical (unpaired) electrons. The summed E-state index contributed by atoms with van der Waals surface area (Å²) in [6.45, 7) is 4.39. The Balaban J connectivity index is 2.13. The van der Waals surface area contributed by atoms with Crippen LogP contribution in [0, 0.1) is 0 Å². The van der Waals surface area contributed by atoms with E-state index in [4.69, 9.17) is 4.74 Å². The monoisotopic (exact) mass is 317 g/mol. The average Bonchev–Trinajstić information content (AvgIpc) is 3.00. The van der Waals surface area contributed by atoms with Crippen molar-refractivity contribution in [3.63, 3.8) is 0 Å². The maximum atomic E-state index is 11.8. The van der Waals surface area contributed by atoms with E-state index in [9.17, 15) is 4.79 Å². The molecule has 0 aliphatic carbocycles. The normalized spacial score (nSPS) is 10.6. The van der Waals surface area contributed by atoms with Crippen molar-refractivity contribution < 1.29 is 9.53 Å². The van der Waals surface area contributed by atoms with E-state index < -0.39 is 0 Å². The number of aryl methyl sites for hydroxylation is 1. The summed E-state index contributed by atoms with van der Waals surface area (Å²) in [5.41, 5.74) is 2.80. The van der Waals surface area contributed by atoms with Gasteiger partial charge in [0.15, 0.2) is 0 Å². The Morgan fingerprint density at radius 3 is 2.86 bits per heavy atom. The van der Waals surface area contributed by atoms with E-state index >= 15 is 0 Å². The van der Waals surface area contributed by atoms with Gasteiger partial charge in [-0.3, -0.25) is 0 Å². The van der Waals surface area contributed by atoms with Gasteiger partial charge in [-0.1, -0.05) is 26.2 Å². The minimum absolute atomic E-state index is 0.356. The highest BCUT2D eigenvalue weighted by Crippen LogP contribution is 2.31. The first kappa shape index (κ1) is 16.7. The second-order valence-electron chi connectivity index (χ2n) is 5.24. The molecule has 0 bridgehead atoms. The van der Waals surface area contributed by atoms with Gasteiger partial charge in [0.25, 0.3) is 0 Å². The fourth-order valence-electron chi connectivity index (χ4n) is 2.42. The van der Waals surface area contributed by atoms with E-state index in [1.807, 2.05) is 12.1 Å². The SMILES string of the molecule is CCCCCCc1ccsc1-c1ccnc(C(=O)OCC)c1. The summed E-state index contributed by atoms with van der Waals surface area (Å²) in [4.78, 5) is 17.2. The lowest BCUT2D eigenvalue weighted by Gasteiger charge is -2.06. The third-order valence-electron chi connectivity index (χ3n) is 3.55. The minimum Gasteiger partial charge on any atom is -0.461 e. The molecule has 0 unspecified atom stereocenters. The Bertz CT molecular complexity index is 607. The van der Waals surface area contributed by atoms with Gasteiger partial charge in [0.05, 0.1) is 6.61 Å². The van der Waals surface area contributed by atoms with Gasteiger partial charge in [-0.2, -0.15) is 0 Å². The summed E-state index contributed by atoms with van der Waals surface area (Å²) < 4.78 is 5.02. The van der Waals surface area contributed by atoms with Crippen LogP contribution in [-0.4, -0.2) is 17.6 Å². The molecule has 22 heavy (non-hydrogen) atoms. The second-order valence-corrected chi connectivity index (χ2v) is 6.15. The van der Waals surface area contributed by atoms with Crippen LogP contribution in [0.2, 0.25) is 0 Å². The molecule has 0 N–H and O–H groups in total. The zero-order valence-electron chi connectivity index (χ0n) is 13.3. The van der Waals surface area contributed by atoms with Crippen LogP contribution in [-0.2, 0) is 11.2 Å². The maximum absolute atomic E-state index is 11.8. The molecule has 2 heterocycles. The van der Waals surface area contributed by atoms with Crippen molar-refractivity contribution in [2.75, 3.05) is 6.61 Å². The summed E-state index contributed by atoms with van der Waals surface area (Å²) in [5.74, 6) is -0.356. The standard InChI is InChI=1S/C18H23NO2S/c1-3-5-6-7-8-14-10-12-22-17(14)15-9-11-19-16(13-15)18(20)21-4-2/h9-13H,3-8H2,1-2H3. The van der Waals surface area contributed by atoms with Crippen LogP contribution >= 0.6 is 11.3 Å². The number of hydrogen-bond donors (Lipinski definition) is 0. The highest BCUT2D eigenvalue weighted by molar-refractivity contribution is 7.13. The zero-order chi connectivity index (χ0) is 15.8. The van der Waals surface area contributed by atoms with Crippen LogP contribution in [0.4, 0.5) is 0 Å². The third-order valence-corrected chi connectivity index (χ3v) is 4.56. The van der Waals surface area contributed by atoms with Gasteiger partial charge in [-0.25, -0.2) is 9.78 Å². The molecule has 0 fully saturated rings. The molecule has 0 aromatic carbocycles. The van der Waals surface area contributed by atoms with Gasteiger partial charge in [0.2, 0.25) is 0 Å². The van der Waals surface area contributed by atoms with Crippen molar-refractivity contribution in [3.8, 4) is 10.4 Å². The van der Waals surface area contributed by atoms with E-state index in [-0.39, 0.29) is 5.97 Å². The third kappa shape index (κ3) is 4.41. The maximum Gasteiger partial charge on any atom is 0.356 e. The number of esters is 1. The minimum atomic E-state index is -0.356. The number of unbranched alkanes of at least 4 members (excludes halogenated alkanes) is 3. The van der Waals surface area contributed by atoms with Crippen molar-refractivity contribution in [3.05, 3.63) is 41.0 Å². The number of thiophene rings is 1. The summed E-state index contributed by atoms with van der Waals surface area (Å²) >= 11 is 1.72. The van der Waals surface area contributed by atoms with E-state index in [1.54, 1.807) is 24.5 Å². The topological polar surface area (TPSA) is 39.2 Å². The van der Waals surface area contributed by atoms with E-state index in [2.05, 4.69) is 23.4 Å². The number of pyridine rings is 1. The first-order chi connectivity index (χ1) is 10.8. The predicted molar refractivity (Wildman–Crippen MR) is 91.4 cm³/mol. The summed E-state index contributed by atoms with van der Waals surface area (Å²) in [6.07, 6.45) is 7.81. The number of carbonyl (C=O) groups excluding carboxylic acids is 1. The number of carbonyl (C=O) groups is 1. The first-order valence-corrected chi connectivity index (χ1v) is 8.84. The highest BCUT2D eigenvalue weighted by atomic mass is 32.1. The fraction of sp³-hybridized carbons (Fsp3) is 0.444. The molecular weight excluding hydrogens is 294 g/mol. The Labute approximate surface area is 136 Å². The predicted octanol–water partition coefficient (Wildman–Crippen LogP) is 5.11. The lowest BCUT2D eigenvalue weighted by Crippen LogP contribution is -2.06. The number of ether oxygens (including phenoxy) is 1. The number of rotatable bonds is 8. The van der Waals surface area contributed by atoms with Crippen molar-refractivity contribution in [1.82, 2.24) is 4.98 Å². The van der Waals surface area contributed by atoms with Crippen LogP contribution in [0.1, 0.15) is 55.6 Å². The van der Waals surface area contributed by atoms with Gasteiger partial charge in [0.1, 0.15) is 5.69 Å². The largest absolute Gasteiger partial charge is 0.461 e. The molecule has 0 saturated heterocycles. The highest BCUT2D eigenvalue weighted by Gasteiger charge is 2.12. The molecule has 4 heteroatoms. The first-order valence-electron chi connectivity index (χ1n) is 7.96. The Kier molecular flexibility index (Phi) is 6.59. The zero-order valence-corrected chi connectivity index (χ0v) is 14.1. The van der Waals surface area contributed by atoms with Gasteiger partial charge in [-0.05, 0) is 54.5 Å². The smallest absolute Gasteiger partial charge is 0.356 e. The molecule has 0 atom stereocenters. The lowest BCUT2D eigenvalue weighted by atomic mass is 10.0. The molecule has 0 amide bonds. The molecule has 0 aliphatic heterocycles. The summed E-state index contributed by atoms with van der Waals surface area (Å²) in [6, 6.07) is 5.99. The van der Waals surface area contributed by atoms with Crippen LogP contribution in [0.3, 0.4) is 0 Å². The van der Waals surface area contributed by atoms with Gasteiger partial charge < -0.3 is 4.74 Å². The molecule has 0 spiro atoms. The van der Waals surface area contributed by atoms with Crippen molar-refractivity contribution in [2.24, 2.45) is 0 Å². The van der Waals surface area contributed by atoms with E-state index in [1.165, 1.54) is 36.1 Å². The molecule has 2 aromatic heterocycles. The van der Waals surface area contributed by atoms with Crippen molar-refractivity contribution in [2.45, 2.75) is 46.0 Å². The second kappa shape index (κ2) is 8.69. The number of hydrogen-bond acceptors (Lipinski definition) is 4. The quantitative estimate of drug-likeness (QED) is 0.501. The molecular formula is C18H23NO2S. The molecule has 2 aromatic rings. The Morgan fingerprint density at radius 1 is 1.23 bits per heavy atom. The molecule has 3 nitrogen and oxygen atoms in total. The molecule has 118 valence electrons. The van der Waals surface area contributed by atoms with Crippen molar-refractivity contribution in [1.29, 1.82) is 0 Å². The number of aromatic nitrogens is 1. The van der Waals surface area contributed by atoms with Crippen LogP contribution in [0.25, 0.3) is 10.4 Å². The van der Waals surface area contributed by atoms with Crippen LogP contribution < -0.4 is 0 Å². The molecule has 0 aliphatic rings. The Hall–Kier alpha value is -1.68. The Morgan fingerprint density at radius 2 is 2.09 bits per heavy atom. The van der Waals surface area contributed by atoms with E-state index in [0.29, 0.717) is 12.3 Å².